The average molecular weight is 482 g/mol. The number of thioether (sulfide) groups is 1. The van der Waals surface area contributed by atoms with Gasteiger partial charge in [-0.15, -0.1) is 0 Å². The van der Waals surface area contributed by atoms with Crippen molar-refractivity contribution in [3.63, 3.8) is 0 Å². The molecule has 0 fully saturated rings. The fourth-order valence-electron chi connectivity index (χ4n) is 4.07. The van der Waals surface area contributed by atoms with E-state index >= 15 is 0 Å². The van der Waals surface area contributed by atoms with Crippen LogP contribution in [0.15, 0.2) is 64.1 Å². The molecule has 3 heterocycles. The molecule has 0 saturated heterocycles. The van der Waals surface area contributed by atoms with E-state index in [1.54, 1.807) is 11.8 Å². The molecular formula is C23H20BrN3O2S. The largest absolute Gasteiger partial charge is 0.361 e. The predicted molar refractivity (Wildman–Crippen MR) is 125 cm³/mol. The monoisotopic (exact) mass is 481 g/mol. The van der Waals surface area contributed by atoms with Crippen LogP contribution in [0, 0.1) is 0 Å². The number of carbonyl (C=O) groups is 2. The van der Waals surface area contributed by atoms with Gasteiger partial charge in [-0.2, -0.15) is 0 Å². The number of para-hydroxylation sites is 1. The van der Waals surface area contributed by atoms with Gasteiger partial charge in [0.25, 0.3) is 0 Å². The van der Waals surface area contributed by atoms with Crippen LogP contribution in [0.2, 0.25) is 0 Å². The summed E-state index contributed by atoms with van der Waals surface area (Å²) in [6.07, 6.45) is 4.89. The van der Waals surface area contributed by atoms with E-state index in [9.17, 15) is 9.59 Å². The van der Waals surface area contributed by atoms with Crippen molar-refractivity contribution >= 4 is 61.7 Å². The quantitative estimate of drug-likeness (QED) is 0.503. The lowest BCUT2D eigenvalue weighted by atomic mass is 9.98. The lowest BCUT2D eigenvalue weighted by Crippen LogP contribution is -2.54. The average Bonchev–Trinajstić information content (AvgIpc) is 3.17. The first kappa shape index (κ1) is 19.5. The molecule has 0 spiro atoms. The van der Waals surface area contributed by atoms with Crippen LogP contribution < -0.4 is 5.32 Å². The predicted octanol–water partition coefficient (Wildman–Crippen LogP) is 5.05. The molecule has 3 aromatic rings. The highest BCUT2D eigenvalue weighted by molar-refractivity contribution is 9.10. The topological polar surface area (TPSA) is 65.2 Å². The first-order valence-corrected chi connectivity index (χ1v) is 11.4. The van der Waals surface area contributed by atoms with E-state index in [0.717, 1.165) is 27.0 Å². The normalized spacial score (nSPS) is 21.2. The second-order valence-corrected chi connectivity index (χ2v) is 10.1. The van der Waals surface area contributed by atoms with Gasteiger partial charge in [-0.05, 0) is 49.2 Å². The Morgan fingerprint density at radius 3 is 2.87 bits per heavy atom. The van der Waals surface area contributed by atoms with Crippen molar-refractivity contribution in [1.29, 1.82) is 0 Å². The van der Waals surface area contributed by atoms with Crippen molar-refractivity contribution in [3.8, 4) is 0 Å². The van der Waals surface area contributed by atoms with Crippen molar-refractivity contribution in [2.75, 3.05) is 18.4 Å². The third-order valence-corrected chi connectivity index (χ3v) is 7.61. The number of H-pyrrole nitrogens is 1. The Balaban J connectivity index is 1.38. The number of aromatic nitrogens is 1. The van der Waals surface area contributed by atoms with Gasteiger partial charge in [-0.3, -0.25) is 9.59 Å². The van der Waals surface area contributed by atoms with Gasteiger partial charge < -0.3 is 15.2 Å². The Kier molecular flexibility index (Phi) is 4.75. The number of nitrogens with zero attached hydrogens (tertiary/aromatic N) is 1. The molecule has 5 rings (SSSR count). The Morgan fingerprint density at radius 2 is 2.07 bits per heavy atom. The summed E-state index contributed by atoms with van der Waals surface area (Å²) in [4.78, 5) is 32.2. The number of hydrogen-bond donors (Lipinski definition) is 2. The molecule has 7 heteroatoms. The molecule has 0 bridgehead atoms. The van der Waals surface area contributed by atoms with Gasteiger partial charge in [-0.1, -0.05) is 45.9 Å². The molecule has 1 atom stereocenters. The highest BCUT2D eigenvalue weighted by atomic mass is 79.9. The first-order chi connectivity index (χ1) is 14.5. The van der Waals surface area contributed by atoms with Crippen LogP contribution in [0.25, 0.3) is 16.5 Å². The second-order valence-electron chi connectivity index (χ2n) is 7.71. The Bertz CT molecular complexity index is 1220. The number of aromatic amines is 1. The van der Waals surface area contributed by atoms with Crippen LogP contribution in [-0.2, 0) is 9.59 Å². The maximum atomic E-state index is 13.3. The number of benzene rings is 2. The molecule has 0 radical (unpaired) electrons. The number of fused-ring (bicyclic) bond motifs is 2. The molecule has 2 aliphatic rings. The van der Waals surface area contributed by atoms with E-state index in [1.807, 2.05) is 36.5 Å². The molecule has 1 aromatic heterocycles. The van der Waals surface area contributed by atoms with Crippen LogP contribution in [0.4, 0.5) is 5.69 Å². The van der Waals surface area contributed by atoms with E-state index in [4.69, 9.17) is 0 Å². The fraction of sp³-hybridized carbons (Fsp3) is 0.217. The maximum Gasteiger partial charge on any atom is 0.250 e. The summed E-state index contributed by atoms with van der Waals surface area (Å²) < 4.78 is -0.122. The van der Waals surface area contributed by atoms with Gasteiger partial charge in [-0.25, -0.2) is 0 Å². The molecular weight excluding hydrogens is 462 g/mol. The van der Waals surface area contributed by atoms with Gasteiger partial charge in [0.05, 0.1) is 5.69 Å². The smallest absolute Gasteiger partial charge is 0.250 e. The van der Waals surface area contributed by atoms with Gasteiger partial charge in [0.2, 0.25) is 11.8 Å². The van der Waals surface area contributed by atoms with Crippen molar-refractivity contribution in [1.82, 2.24) is 9.88 Å². The lowest BCUT2D eigenvalue weighted by molar-refractivity contribution is -0.137. The third-order valence-electron chi connectivity index (χ3n) is 5.78. The van der Waals surface area contributed by atoms with Crippen molar-refractivity contribution in [2.24, 2.45) is 0 Å². The standard InChI is InChI=1S/C23H20BrN3O2S/c1-23(21(28)26-19-4-2-3-5-20(19)30-23)22(29)27-10-8-14(9-11-27)17-13-25-18-7-6-15(24)12-16(17)18/h2-8,12-13,25H,9-11H2,1H3,(H,26,28). The number of nitrogens with one attached hydrogen (secondary N) is 2. The molecule has 1 unspecified atom stereocenters. The minimum Gasteiger partial charge on any atom is -0.361 e. The zero-order valence-corrected chi connectivity index (χ0v) is 18.8. The van der Waals surface area contributed by atoms with Crippen LogP contribution in [0.5, 0.6) is 0 Å². The Morgan fingerprint density at radius 1 is 1.23 bits per heavy atom. The zero-order chi connectivity index (χ0) is 20.9. The highest BCUT2D eigenvalue weighted by Crippen LogP contribution is 2.43. The molecule has 0 saturated carbocycles. The SMILES string of the molecule is CC1(C(=O)N2CC=C(c3c[nH]c4ccc(Br)cc34)CC2)Sc2ccccc2NC1=O. The van der Waals surface area contributed by atoms with Gasteiger partial charge in [0.1, 0.15) is 0 Å². The van der Waals surface area contributed by atoms with Crippen LogP contribution >= 0.6 is 27.7 Å². The van der Waals surface area contributed by atoms with E-state index in [2.05, 4.69) is 44.4 Å². The summed E-state index contributed by atoms with van der Waals surface area (Å²) >= 11 is 4.88. The molecule has 2 aromatic carbocycles. The van der Waals surface area contributed by atoms with Gasteiger partial charge in [0, 0.05) is 45.1 Å². The van der Waals surface area contributed by atoms with Gasteiger partial charge in [0.15, 0.2) is 4.75 Å². The Labute approximate surface area is 187 Å². The highest BCUT2D eigenvalue weighted by Gasteiger charge is 2.47. The molecule has 2 N–H and O–H groups in total. The molecule has 5 nitrogen and oxygen atoms in total. The Hall–Kier alpha value is -2.51. The summed E-state index contributed by atoms with van der Waals surface area (Å²) in [6.45, 7) is 2.82. The molecule has 2 amide bonds. The maximum absolute atomic E-state index is 13.3. The van der Waals surface area contributed by atoms with Crippen molar-refractivity contribution in [3.05, 3.63) is 64.8 Å². The molecule has 2 aliphatic heterocycles. The van der Waals surface area contributed by atoms with Crippen LogP contribution in [0.1, 0.15) is 18.9 Å². The molecule has 30 heavy (non-hydrogen) atoms. The zero-order valence-electron chi connectivity index (χ0n) is 16.4. The number of carbonyl (C=O) groups excluding carboxylic acids is 2. The van der Waals surface area contributed by atoms with E-state index in [0.29, 0.717) is 13.1 Å². The van der Waals surface area contributed by atoms with E-state index in [1.165, 1.54) is 28.3 Å². The summed E-state index contributed by atoms with van der Waals surface area (Å²) in [6, 6.07) is 13.8. The number of amides is 2. The van der Waals surface area contributed by atoms with Crippen molar-refractivity contribution < 1.29 is 9.59 Å². The van der Waals surface area contributed by atoms with E-state index in [-0.39, 0.29) is 11.8 Å². The minimum absolute atomic E-state index is 0.142. The molecule has 152 valence electrons. The first-order valence-electron chi connectivity index (χ1n) is 9.80. The minimum atomic E-state index is -1.16. The number of hydrogen-bond acceptors (Lipinski definition) is 3. The van der Waals surface area contributed by atoms with Crippen LogP contribution in [0.3, 0.4) is 0 Å². The van der Waals surface area contributed by atoms with Gasteiger partial charge >= 0.3 is 0 Å². The van der Waals surface area contributed by atoms with Crippen molar-refractivity contribution in [2.45, 2.75) is 23.0 Å². The second kappa shape index (κ2) is 7.32. The summed E-state index contributed by atoms with van der Waals surface area (Å²) in [5, 5.41) is 4.06. The fourth-order valence-corrected chi connectivity index (χ4v) is 5.60. The number of anilines is 1. The van der Waals surface area contributed by atoms with E-state index < -0.39 is 4.75 Å². The summed E-state index contributed by atoms with van der Waals surface area (Å²) in [5.74, 6) is -0.399. The third kappa shape index (κ3) is 3.17. The summed E-state index contributed by atoms with van der Waals surface area (Å²) in [5.41, 5.74) is 4.25. The van der Waals surface area contributed by atoms with Crippen LogP contribution in [-0.4, -0.2) is 39.5 Å². The molecule has 0 aliphatic carbocycles. The number of halogens is 1. The number of rotatable bonds is 2. The summed E-state index contributed by atoms with van der Waals surface area (Å²) in [7, 11) is 0. The lowest BCUT2D eigenvalue weighted by Gasteiger charge is -2.37.